The van der Waals surface area contributed by atoms with E-state index in [-0.39, 0.29) is 85.0 Å². The lowest BCUT2D eigenvalue weighted by molar-refractivity contribution is -0.137. The van der Waals surface area contributed by atoms with Gasteiger partial charge in [0.1, 0.15) is 16.9 Å². The van der Waals surface area contributed by atoms with Crippen molar-refractivity contribution >= 4 is 63.6 Å². The summed E-state index contributed by atoms with van der Waals surface area (Å²) >= 11 is 6.65. The van der Waals surface area contributed by atoms with Gasteiger partial charge in [0.15, 0.2) is 18.2 Å². The number of piperidine rings is 3. The third-order valence-electron chi connectivity index (χ3n) is 14.9. The van der Waals surface area contributed by atoms with Crippen LogP contribution in [0.15, 0.2) is 47.4 Å². The van der Waals surface area contributed by atoms with Crippen LogP contribution in [0.2, 0.25) is 5.02 Å². The molecule has 3 N–H and O–H groups in total. The molecule has 2 saturated carbocycles. The zero-order chi connectivity index (χ0) is 46.3. The van der Waals surface area contributed by atoms with Gasteiger partial charge in [0, 0.05) is 60.8 Å². The number of carbonyl (C=O) groups excluding carboxylic acids is 4. The average Bonchev–Trinajstić information content (AvgIpc) is 3.66. The fourth-order valence-electron chi connectivity index (χ4n) is 11.1. The molecule has 4 aromatic rings. The summed E-state index contributed by atoms with van der Waals surface area (Å²) in [6.07, 6.45) is 12.8. The molecule has 1 atom stereocenters. The summed E-state index contributed by atoms with van der Waals surface area (Å²) in [6, 6.07) is 10.7. The van der Waals surface area contributed by atoms with Crippen molar-refractivity contribution in [1.82, 2.24) is 35.0 Å². The van der Waals surface area contributed by atoms with Gasteiger partial charge < -0.3 is 39.4 Å². The van der Waals surface area contributed by atoms with Gasteiger partial charge in [0.2, 0.25) is 17.8 Å². The lowest BCUT2D eigenvalue weighted by atomic mass is 9.83. The molecule has 4 amide bonds. The number of pyridine rings is 1. The number of carbonyl (C=O) groups is 4. The predicted octanol–water partition coefficient (Wildman–Crippen LogP) is 6.11. The van der Waals surface area contributed by atoms with Crippen LogP contribution in [0.4, 0.5) is 21.8 Å². The first-order valence-electron chi connectivity index (χ1n) is 23.9. The predicted molar refractivity (Wildman–Crippen MR) is 249 cm³/mol. The zero-order valence-electron chi connectivity index (χ0n) is 37.7. The van der Waals surface area contributed by atoms with Gasteiger partial charge in [0.25, 0.3) is 17.4 Å². The number of anilines is 3. The van der Waals surface area contributed by atoms with Crippen molar-refractivity contribution in [3.05, 3.63) is 80.5 Å². The van der Waals surface area contributed by atoms with Crippen LogP contribution in [0.1, 0.15) is 117 Å². The minimum atomic E-state index is -0.768. The molecule has 2 aromatic heterocycles. The SMILES string of the molecule is CNC(=O)COc1cc2cc(Nc3nc(N4CCC(OC5CC(N6CCC(c7ccc8c(c7F)CN([C@@H]7CCC(=O)NC7=O)C8=O)CC6)C5)CC4)ncc3Cl)ccc2n(C2CCCCC2)c1=O. The van der Waals surface area contributed by atoms with Gasteiger partial charge >= 0.3 is 0 Å². The van der Waals surface area contributed by atoms with Crippen LogP contribution in [0.25, 0.3) is 10.9 Å². The quantitative estimate of drug-likeness (QED) is 0.139. The highest BCUT2D eigenvalue weighted by Gasteiger charge is 2.42. The number of fused-ring (bicyclic) bond motifs is 2. The monoisotopic (exact) mass is 937 g/mol. The third-order valence-corrected chi connectivity index (χ3v) is 15.2. The van der Waals surface area contributed by atoms with E-state index in [9.17, 15) is 24.0 Å². The number of likely N-dealkylation sites (tertiary alicyclic amines) is 1. The Morgan fingerprint density at radius 1 is 0.910 bits per heavy atom. The molecular weight excluding hydrogens is 881 g/mol. The van der Waals surface area contributed by atoms with E-state index in [0.29, 0.717) is 39.5 Å². The van der Waals surface area contributed by atoms with Gasteiger partial charge in [-0.2, -0.15) is 4.98 Å². The Morgan fingerprint density at radius 3 is 2.43 bits per heavy atom. The van der Waals surface area contributed by atoms with Gasteiger partial charge in [-0.25, -0.2) is 9.37 Å². The highest BCUT2D eigenvalue weighted by molar-refractivity contribution is 6.33. The van der Waals surface area contributed by atoms with Crippen LogP contribution in [0.3, 0.4) is 0 Å². The van der Waals surface area contributed by atoms with E-state index in [2.05, 4.69) is 30.7 Å². The Labute approximate surface area is 392 Å². The first-order valence-corrected chi connectivity index (χ1v) is 24.3. The summed E-state index contributed by atoms with van der Waals surface area (Å²) in [4.78, 5) is 78.5. The van der Waals surface area contributed by atoms with Crippen molar-refractivity contribution in [1.29, 1.82) is 0 Å². The number of aromatic nitrogens is 3. The second-order valence-electron chi connectivity index (χ2n) is 19.0. The smallest absolute Gasteiger partial charge is 0.293 e. The van der Waals surface area contributed by atoms with E-state index in [1.807, 2.05) is 22.8 Å². The maximum Gasteiger partial charge on any atom is 0.293 e. The molecule has 354 valence electrons. The Balaban J connectivity index is 0.705. The Hall–Kier alpha value is -5.65. The van der Waals surface area contributed by atoms with Crippen molar-refractivity contribution < 1.29 is 33.0 Å². The standard InChI is InChI=1S/C49H57ClFN9O7/c1-52-43(62)27-66-41-22-29-21-30(7-10-39(29)60(48(41)65)31-5-3-2-4-6-31)54-45-38(50)25-53-49(56-45)58-19-15-33(16-20-58)67-34-23-32(24-34)57-17-13-28(14-18-57)35-8-9-36-37(44(35)51)26-59(47(36)64)40-11-12-42(61)55-46(40)63/h7-10,21-22,25,28,31-34,40H,2-6,11-20,23-24,26-27H2,1H3,(H,52,62)(H,53,54,56)(H,55,61,63)/t32?,34?,40-/m1/s1. The number of amides is 4. The molecule has 0 bridgehead atoms. The van der Waals surface area contributed by atoms with Crippen LogP contribution in [-0.4, -0.2) is 112 Å². The number of benzene rings is 2. The highest BCUT2D eigenvalue weighted by Crippen LogP contribution is 2.40. The zero-order valence-corrected chi connectivity index (χ0v) is 38.5. The highest BCUT2D eigenvalue weighted by atomic mass is 35.5. The van der Waals surface area contributed by atoms with E-state index >= 15 is 4.39 Å². The van der Waals surface area contributed by atoms with Gasteiger partial charge in [0.05, 0.1) is 30.5 Å². The lowest BCUT2D eigenvalue weighted by Gasteiger charge is -2.47. The molecule has 16 nitrogen and oxygen atoms in total. The molecule has 3 saturated heterocycles. The van der Waals surface area contributed by atoms with E-state index in [0.717, 1.165) is 113 Å². The largest absolute Gasteiger partial charge is 0.478 e. The lowest BCUT2D eigenvalue weighted by Crippen LogP contribution is -2.52. The fourth-order valence-corrected chi connectivity index (χ4v) is 11.2. The molecule has 5 fully saturated rings. The van der Waals surface area contributed by atoms with Gasteiger partial charge in [-0.15, -0.1) is 0 Å². The number of likely N-dealkylation sites (N-methyl/N-ethyl adjacent to an activating group) is 1. The summed E-state index contributed by atoms with van der Waals surface area (Å²) in [7, 11) is 1.53. The molecule has 6 aliphatic rings. The first-order chi connectivity index (χ1) is 32.5. The molecule has 0 radical (unpaired) electrons. The van der Waals surface area contributed by atoms with Gasteiger partial charge in [-0.3, -0.25) is 29.3 Å². The van der Waals surface area contributed by atoms with Gasteiger partial charge in [-0.1, -0.05) is 36.9 Å². The number of hydrogen-bond acceptors (Lipinski definition) is 12. The number of rotatable bonds is 12. The number of hydrogen-bond donors (Lipinski definition) is 3. The Bertz CT molecular complexity index is 2640. The van der Waals surface area contributed by atoms with E-state index in [4.69, 9.17) is 26.1 Å². The number of ether oxygens (including phenoxy) is 2. The fraction of sp³-hybridized carbons (Fsp3) is 0.531. The maximum absolute atomic E-state index is 16.0. The summed E-state index contributed by atoms with van der Waals surface area (Å²) in [5, 5.41) is 9.39. The van der Waals surface area contributed by atoms with Crippen molar-refractivity contribution in [2.45, 2.75) is 126 Å². The molecule has 6 heterocycles. The second kappa shape index (κ2) is 19.2. The van der Waals surface area contributed by atoms with Crippen LogP contribution in [0, 0.1) is 5.82 Å². The molecule has 0 unspecified atom stereocenters. The molecule has 4 aliphatic heterocycles. The number of imide groups is 1. The van der Waals surface area contributed by atoms with Crippen molar-refractivity contribution in [3.63, 3.8) is 0 Å². The molecular formula is C49H57ClFN9O7. The van der Waals surface area contributed by atoms with E-state index in [1.165, 1.54) is 11.9 Å². The number of nitrogens with one attached hydrogen (secondary N) is 3. The third kappa shape index (κ3) is 9.21. The molecule has 67 heavy (non-hydrogen) atoms. The molecule has 0 spiro atoms. The Kier molecular flexibility index (Phi) is 12.9. The van der Waals surface area contributed by atoms with Gasteiger partial charge in [-0.05, 0) is 113 Å². The molecule has 10 rings (SSSR count). The molecule has 18 heteroatoms. The number of halogens is 2. The first kappa shape index (κ1) is 45.1. The van der Waals surface area contributed by atoms with E-state index in [1.54, 1.807) is 24.4 Å². The number of nitrogens with zero attached hydrogens (tertiary/aromatic N) is 6. The molecule has 2 aliphatic carbocycles. The van der Waals surface area contributed by atoms with Crippen molar-refractivity contribution in [2.75, 3.05) is 50.1 Å². The van der Waals surface area contributed by atoms with Crippen molar-refractivity contribution in [3.8, 4) is 5.75 Å². The topological polar surface area (TPSA) is 180 Å². The summed E-state index contributed by atoms with van der Waals surface area (Å²) in [5.41, 5.74) is 2.61. The average molecular weight is 939 g/mol. The normalized spacial score (nSPS) is 23.3. The van der Waals surface area contributed by atoms with Crippen LogP contribution >= 0.6 is 11.6 Å². The second-order valence-corrected chi connectivity index (χ2v) is 19.4. The van der Waals surface area contributed by atoms with Crippen LogP contribution in [-0.2, 0) is 25.7 Å². The van der Waals surface area contributed by atoms with E-state index < -0.39 is 11.9 Å². The van der Waals surface area contributed by atoms with Crippen molar-refractivity contribution in [2.24, 2.45) is 0 Å². The van der Waals surface area contributed by atoms with Crippen LogP contribution in [0.5, 0.6) is 5.75 Å². The summed E-state index contributed by atoms with van der Waals surface area (Å²) in [6.45, 7) is 3.01. The minimum absolute atomic E-state index is 0.0393. The van der Waals surface area contributed by atoms with Crippen LogP contribution < -0.4 is 31.1 Å². The Morgan fingerprint density at radius 2 is 1.69 bits per heavy atom. The minimum Gasteiger partial charge on any atom is -0.478 e. The molecule has 2 aromatic carbocycles. The summed E-state index contributed by atoms with van der Waals surface area (Å²) in [5.74, 6) is -0.621. The summed E-state index contributed by atoms with van der Waals surface area (Å²) < 4.78 is 30.2. The maximum atomic E-state index is 16.0.